The maximum atomic E-state index is 12.0. The van der Waals surface area contributed by atoms with Gasteiger partial charge in [-0.3, -0.25) is 9.59 Å². The lowest BCUT2D eigenvalue weighted by molar-refractivity contribution is -0.130. The van der Waals surface area contributed by atoms with Crippen molar-refractivity contribution in [2.24, 2.45) is 5.92 Å². The third kappa shape index (κ3) is 6.73. The molecule has 0 aromatic carbocycles. The zero-order valence-electron chi connectivity index (χ0n) is 15.6. The molecular weight excluding hydrogens is 300 g/mol. The van der Waals surface area contributed by atoms with Gasteiger partial charge in [0, 0.05) is 32.6 Å². The Morgan fingerprint density at radius 2 is 2.08 bits per heavy atom. The van der Waals surface area contributed by atoms with Crippen molar-refractivity contribution in [3.63, 3.8) is 0 Å². The van der Waals surface area contributed by atoms with Crippen molar-refractivity contribution in [3.05, 3.63) is 35.5 Å². The quantitative estimate of drug-likeness (QED) is 0.478. The monoisotopic (exact) mass is 332 g/mol. The minimum absolute atomic E-state index is 0.248. The van der Waals surface area contributed by atoms with Crippen molar-refractivity contribution in [1.82, 2.24) is 9.80 Å². The topological polar surface area (TPSA) is 40.6 Å². The van der Waals surface area contributed by atoms with E-state index in [0.717, 1.165) is 50.0 Å². The fourth-order valence-corrected chi connectivity index (χ4v) is 3.13. The van der Waals surface area contributed by atoms with Gasteiger partial charge in [0.25, 0.3) is 0 Å². The molecule has 0 aromatic rings. The highest BCUT2D eigenvalue weighted by atomic mass is 16.2. The molecule has 0 saturated carbocycles. The van der Waals surface area contributed by atoms with Gasteiger partial charge in [-0.25, -0.2) is 0 Å². The van der Waals surface area contributed by atoms with Crippen molar-refractivity contribution in [2.45, 2.75) is 47.0 Å². The van der Waals surface area contributed by atoms with E-state index < -0.39 is 0 Å². The summed E-state index contributed by atoms with van der Waals surface area (Å²) in [4.78, 5) is 27.2. The Labute approximate surface area is 146 Å². The van der Waals surface area contributed by atoms with Crippen LogP contribution < -0.4 is 0 Å². The van der Waals surface area contributed by atoms with Crippen LogP contribution in [0, 0.1) is 5.92 Å². The molecule has 1 saturated heterocycles. The van der Waals surface area contributed by atoms with Crippen LogP contribution in [-0.4, -0.2) is 48.3 Å². The summed E-state index contributed by atoms with van der Waals surface area (Å²) >= 11 is 0. The molecule has 4 heteroatoms. The second-order valence-electron chi connectivity index (χ2n) is 6.56. The summed E-state index contributed by atoms with van der Waals surface area (Å²) in [6, 6.07) is 0. The third-order valence-corrected chi connectivity index (χ3v) is 4.30. The summed E-state index contributed by atoms with van der Waals surface area (Å²) in [5.74, 6) is 0.637. The largest absolute Gasteiger partial charge is 0.342 e. The second kappa shape index (κ2) is 10.8. The molecule has 24 heavy (non-hydrogen) atoms. The van der Waals surface area contributed by atoms with Gasteiger partial charge < -0.3 is 9.80 Å². The van der Waals surface area contributed by atoms with Gasteiger partial charge in [-0.1, -0.05) is 36.8 Å². The molecule has 1 aliphatic rings. The molecule has 2 amide bonds. The fraction of sp³-hybridized carbons (Fsp3) is 0.600. The molecule has 134 valence electrons. The first kappa shape index (κ1) is 20.2. The molecule has 0 spiro atoms. The Kier molecular flexibility index (Phi) is 9.13. The van der Waals surface area contributed by atoms with Crippen molar-refractivity contribution < 1.29 is 9.59 Å². The molecule has 1 aliphatic heterocycles. The first-order valence-corrected chi connectivity index (χ1v) is 8.97. The van der Waals surface area contributed by atoms with Gasteiger partial charge in [-0.15, -0.1) is 0 Å². The number of carbonyl (C=O) groups excluding carboxylic acids is 2. The van der Waals surface area contributed by atoms with E-state index in [-0.39, 0.29) is 5.91 Å². The van der Waals surface area contributed by atoms with Crippen LogP contribution in [-0.2, 0) is 9.59 Å². The molecule has 0 aliphatic carbocycles. The number of amides is 2. The van der Waals surface area contributed by atoms with Crippen LogP contribution in [0.3, 0.4) is 0 Å². The van der Waals surface area contributed by atoms with Crippen LogP contribution in [0.1, 0.15) is 47.0 Å². The van der Waals surface area contributed by atoms with Gasteiger partial charge in [0.15, 0.2) is 0 Å². The van der Waals surface area contributed by atoms with Gasteiger partial charge in [-0.05, 0) is 45.1 Å². The zero-order valence-corrected chi connectivity index (χ0v) is 15.6. The Bertz CT molecular complexity index is 506. The summed E-state index contributed by atoms with van der Waals surface area (Å²) in [6.45, 7) is 11.1. The molecule has 1 rings (SSSR count). The number of hydrogen-bond donors (Lipinski definition) is 0. The standard InChI is InChI=1S/C20H32N2O2/c1-5-8-18(7-3)12-17(4)13-21(16-23)14-19-10-11-22(15-19)20(24)9-6-2/h5,7-8,12,16,19H,6,9-11,13-15H2,1-4H3/b8-5-,17-12+,18-7+. The van der Waals surface area contributed by atoms with E-state index in [0.29, 0.717) is 18.9 Å². The Balaban J connectivity index is 2.55. The highest BCUT2D eigenvalue weighted by molar-refractivity contribution is 5.76. The van der Waals surface area contributed by atoms with Crippen molar-refractivity contribution in [3.8, 4) is 0 Å². The van der Waals surface area contributed by atoms with E-state index in [9.17, 15) is 9.59 Å². The van der Waals surface area contributed by atoms with Crippen molar-refractivity contribution in [1.29, 1.82) is 0 Å². The lowest BCUT2D eigenvalue weighted by Gasteiger charge is -2.22. The van der Waals surface area contributed by atoms with Crippen LogP contribution in [0.25, 0.3) is 0 Å². The zero-order chi connectivity index (χ0) is 17.9. The minimum atomic E-state index is 0.248. The van der Waals surface area contributed by atoms with Gasteiger partial charge >= 0.3 is 0 Å². The van der Waals surface area contributed by atoms with Gasteiger partial charge in [-0.2, -0.15) is 0 Å². The normalized spacial score (nSPS) is 19.2. The number of rotatable bonds is 9. The summed E-state index contributed by atoms with van der Waals surface area (Å²) < 4.78 is 0. The number of allylic oxidation sites excluding steroid dienone is 5. The number of likely N-dealkylation sites (tertiary alicyclic amines) is 1. The van der Waals surface area contributed by atoms with Crippen molar-refractivity contribution in [2.75, 3.05) is 26.2 Å². The van der Waals surface area contributed by atoms with Crippen molar-refractivity contribution >= 4 is 12.3 Å². The molecule has 1 unspecified atom stereocenters. The summed E-state index contributed by atoms with van der Waals surface area (Å²) in [5, 5.41) is 0. The number of carbonyl (C=O) groups is 2. The predicted molar refractivity (Wildman–Crippen MR) is 99.6 cm³/mol. The first-order valence-electron chi connectivity index (χ1n) is 8.97. The Morgan fingerprint density at radius 1 is 1.33 bits per heavy atom. The van der Waals surface area contributed by atoms with Crippen LogP contribution in [0.5, 0.6) is 0 Å². The summed E-state index contributed by atoms with van der Waals surface area (Å²) in [5.41, 5.74) is 2.31. The van der Waals surface area contributed by atoms with Crippen LogP contribution in [0.15, 0.2) is 35.5 Å². The number of nitrogens with zero attached hydrogens (tertiary/aromatic N) is 2. The van der Waals surface area contributed by atoms with E-state index in [2.05, 4.69) is 25.2 Å². The van der Waals surface area contributed by atoms with Gasteiger partial charge in [0.05, 0.1) is 0 Å². The molecular formula is C20H32N2O2. The van der Waals surface area contributed by atoms with Crippen LogP contribution >= 0.6 is 0 Å². The highest BCUT2D eigenvalue weighted by Crippen LogP contribution is 2.19. The Morgan fingerprint density at radius 3 is 2.67 bits per heavy atom. The third-order valence-electron chi connectivity index (χ3n) is 4.30. The van der Waals surface area contributed by atoms with E-state index >= 15 is 0 Å². The van der Waals surface area contributed by atoms with Gasteiger partial charge in [0.2, 0.25) is 12.3 Å². The van der Waals surface area contributed by atoms with Gasteiger partial charge in [0.1, 0.15) is 0 Å². The average molecular weight is 332 g/mol. The average Bonchev–Trinajstić information content (AvgIpc) is 3.02. The predicted octanol–water partition coefficient (Wildman–Crippen LogP) is 3.56. The summed E-state index contributed by atoms with van der Waals surface area (Å²) in [7, 11) is 0. The molecule has 1 atom stereocenters. The maximum Gasteiger partial charge on any atom is 0.222 e. The molecule has 1 heterocycles. The van der Waals surface area contributed by atoms with Crippen LogP contribution in [0.2, 0.25) is 0 Å². The lowest BCUT2D eigenvalue weighted by atomic mass is 10.1. The molecule has 4 nitrogen and oxygen atoms in total. The van der Waals surface area contributed by atoms with E-state index in [4.69, 9.17) is 0 Å². The lowest BCUT2D eigenvalue weighted by Crippen LogP contribution is -2.33. The molecule has 1 fully saturated rings. The highest BCUT2D eigenvalue weighted by Gasteiger charge is 2.26. The summed E-state index contributed by atoms with van der Waals surface area (Å²) in [6.07, 6.45) is 11.7. The van der Waals surface area contributed by atoms with Crippen LogP contribution in [0.4, 0.5) is 0 Å². The van der Waals surface area contributed by atoms with E-state index in [1.54, 1.807) is 0 Å². The maximum absolute atomic E-state index is 12.0. The second-order valence-corrected chi connectivity index (χ2v) is 6.56. The SMILES string of the molecule is C\C=C/C(=C\C)/C=C(\C)CN(C=O)CC1CCN(C(=O)CCC)C1. The molecule has 0 bridgehead atoms. The molecule has 0 radical (unpaired) electrons. The molecule has 0 aromatic heterocycles. The number of hydrogen-bond acceptors (Lipinski definition) is 2. The minimum Gasteiger partial charge on any atom is -0.342 e. The van der Waals surface area contributed by atoms with E-state index in [1.807, 2.05) is 36.6 Å². The fourth-order valence-electron chi connectivity index (χ4n) is 3.13. The molecule has 0 N–H and O–H groups in total. The van der Waals surface area contributed by atoms with E-state index in [1.165, 1.54) is 0 Å². The first-order chi connectivity index (χ1) is 11.5. The Hall–Kier alpha value is -1.84. The smallest absolute Gasteiger partial charge is 0.222 e.